The molecule has 0 aromatic carbocycles. The van der Waals surface area contributed by atoms with E-state index in [2.05, 4.69) is 46.7 Å². The monoisotopic (exact) mass is 279 g/mol. The second kappa shape index (κ2) is 4.11. The van der Waals surface area contributed by atoms with Gasteiger partial charge in [0.05, 0.1) is 6.20 Å². The molecule has 0 saturated carbocycles. The van der Waals surface area contributed by atoms with Gasteiger partial charge in [0, 0.05) is 13.1 Å². The van der Waals surface area contributed by atoms with Gasteiger partial charge in [0.15, 0.2) is 0 Å². The number of nitrogens with zero attached hydrogens (tertiary/aromatic N) is 2. The third-order valence-corrected chi connectivity index (χ3v) is 2.92. The van der Waals surface area contributed by atoms with Crippen LogP contribution in [-0.2, 0) is 7.05 Å². The maximum Gasteiger partial charge on any atom is 0.203 e. The van der Waals surface area contributed by atoms with Gasteiger partial charge in [0.1, 0.15) is 3.70 Å². The molecule has 1 heterocycles. The molecular weight excluding hydrogens is 265 g/mol. The summed E-state index contributed by atoms with van der Waals surface area (Å²) in [6.45, 7) is 4.31. The van der Waals surface area contributed by atoms with Crippen molar-refractivity contribution in [3.05, 3.63) is 9.90 Å². The summed E-state index contributed by atoms with van der Waals surface area (Å²) in [6.07, 6.45) is 2.98. The fourth-order valence-electron chi connectivity index (χ4n) is 0.845. The summed E-state index contributed by atoms with van der Waals surface area (Å²) in [5.41, 5.74) is 0. The van der Waals surface area contributed by atoms with Crippen LogP contribution >= 0.6 is 22.6 Å². The molecule has 0 amide bonds. The lowest BCUT2D eigenvalue weighted by molar-refractivity contribution is 0.738. The molecule has 0 aliphatic rings. The number of nitrogens with one attached hydrogen (secondary N) is 1. The predicted octanol–water partition coefficient (Wildman–Crippen LogP) is 2.24. The Labute approximate surface area is 86.7 Å². The molecule has 1 rings (SSSR count). The summed E-state index contributed by atoms with van der Waals surface area (Å²) >= 11 is 2.26. The van der Waals surface area contributed by atoms with Crippen molar-refractivity contribution in [1.82, 2.24) is 9.55 Å². The summed E-state index contributed by atoms with van der Waals surface area (Å²) in [6, 6.07) is 0.488. The molecule has 4 heteroatoms. The minimum absolute atomic E-state index is 0.488. The number of imidazole rings is 1. The van der Waals surface area contributed by atoms with Gasteiger partial charge in [0.25, 0.3) is 0 Å². The molecule has 0 saturated heterocycles. The maximum atomic E-state index is 4.25. The second-order valence-electron chi connectivity index (χ2n) is 2.92. The van der Waals surface area contributed by atoms with E-state index in [-0.39, 0.29) is 0 Å². The van der Waals surface area contributed by atoms with Crippen molar-refractivity contribution < 1.29 is 0 Å². The number of halogens is 1. The van der Waals surface area contributed by atoms with Gasteiger partial charge in [-0.25, -0.2) is 4.98 Å². The van der Waals surface area contributed by atoms with Crippen molar-refractivity contribution in [2.75, 3.05) is 5.32 Å². The Balaban J connectivity index is 2.69. The smallest absolute Gasteiger partial charge is 0.203 e. The van der Waals surface area contributed by atoms with Gasteiger partial charge in [-0.3, -0.25) is 0 Å². The molecule has 0 bridgehead atoms. The van der Waals surface area contributed by atoms with Gasteiger partial charge in [-0.2, -0.15) is 0 Å². The van der Waals surface area contributed by atoms with Crippen molar-refractivity contribution in [3.63, 3.8) is 0 Å². The molecule has 1 aromatic heterocycles. The maximum absolute atomic E-state index is 4.25. The third-order valence-electron chi connectivity index (χ3n) is 1.92. The molecule has 1 atom stereocenters. The van der Waals surface area contributed by atoms with Crippen LogP contribution in [0.15, 0.2) is 6.20 Å². The highest BCUT2D eigenvalue weighted by Crippen LogP contribution is 2.11. The minimum atomic E-state index is 0.488. The third kappa shape index (κ3) is 2.12. The van der Waals surface area contributed by atoms with Gasteiger partial charge in [0.2, 0.25) is 5.95 Å². The zero-order valence-electron chi connectivity index (χ0n) is 7.63. The van der Waals surface area contributed by atoms with Crippen LogP contribution < -0.4 is 5.32 Å². The van der Waals surface area contributed by atoms with Crippen LogP contribution in [0, 0.1) is 3.70 Å². The minimum Gasteiger partial charge on any atom is -0.353 e. The molecule has 0 radical (unpaired) electrons. The molecule has 3 nitrogen and oxygen atoms in total. The summed E-state index contributed by atoms with van der Waals surface area (Å²) in [5.74, 6) is 0.953. The zero-order chi connectivity index (χ0) is 9.14. The summed E-state index contributed by atoms with van der Waals surface area (Å²) < 4.78 is 3.20. The van der Waals surface area contributed by atoms with Crippen LogP contribution in [0.1, 0.15) is 20.3 Å². The van der Waals surface area contributed by atoms with Gasteiger partial charge in [-0.05, 0) is 35.9 Å². The molecule has 0 aliphatic carbocycles. The Morgan fingerprint density at radius 2 is 2.42 bits per heavy atom. The Morgan fingerprint density at radius 3 is 2.83 bits per heavy atom. The molecular formula is C8H14IN3. The van der Waals surface area contributed by atoms with E-state index in [1.54, 1.807) is 0 Å². The highest BCUT2D eigenvalue weighted by Gasteiger charge is 2.05. The second-order valence-corrected chi connectivity index (χ2v) is 4.02. The Bertz CT molecular complexity index is 257. The average Bonchev–Trinajstić information content (AvgIpc) is 2.36. The Kier molecular flexibility index (Phi) is 3.37. The van der Waals surface area contributed by atoms with Gasteiger partial charge in [-0.15, -0.1) is 0 Å². The number of aromatic nitrogens is 2. The normalized spacial score (nSPS) is 13.0. The zero-order valence-corrected chi connectivity index (χ0v) is 9.79. The molecule has 1 N–H and O–H groups in total. The molecule has 12 heavy (non-hydrogen) atoms. The van der Waals surface area contributed by atoms with Gasteiger partial charge < -0.3 is 9.88 Å². The van der Waals surface area contributed by atoms with Crippen LogP contribution in [0.2, 0.25) is 0 Å². The van der Waals surface area contributed by atoms with E-state index in [4.69, 9.17) is 0 Å². The summed E-state index contributed by atoms with van der Waals surface area (Å²) in [4.78, 5) is 4.25. The molecule has 0 fully saturated rings. The van der Waals surface area contributed by atoms with Crippen molar-refractivity contribution >= 4 is 28.5 Å². The standard InChI is InChI=1S/C8H14IN3/c1-4-6(2)11-8-10-5-7(9)12(8)3/h5-6H,4H2,1-3H3,(H,10,11). The van der Waals surface area contributed by atoms with Crippen LogP contribution in [0.25, 0.3) is 0 Å². The average molecular weight is 279 g/mol. The van der Waals surface area contributed by atoms with E-state index < -0.39 is 0 Å². The number of hydrogen-bond acceptors (Lipinski definition) is 2. The van der Waals surface area contributed by atoms with E-state index in [1.807, 2.05) is 17.8 Å². The number of rotatable bonds is 3. The lowest BCUT2D eigenvalue weighted by Crippen LogP contribution is -2.16. The van der Waals surface area contributed by atoms with Gasteiger partial charge in [-0.1, -0.05) is 6.92 Å². The van der Waals surface area contributed by atoms with Crippen LogP contribution in [0.4, 0.5) is 5.95 Å². The van der Waals surface area contributed by atoms with E-state index in [0.717, 1.165) is 16.1 Å². The van der Waals surface area contributed by atoms with E-state index in [0.29, 0.717) is 6.04 Å². The van der Waals surface area contributed by atoms with Crippen LogP contribution in [-0.4, -0.2) is 15.6 Å². The lowest BCUT2D eigenvalue weighted by Gasteiger charge is -2.11. The predicted molar refractivity (Wildman–Crippen MR) is 59.3 cm³/mol. The van der Waals surface area contributed by atoms with E-state index in [1.165, 1.54) is 0 Å². The highest BCUT2D eigenvalue weighted by atomic mass is 127. The molecule has 1 aromatic rings. The SMILES string of the molecule is CCC(C)Nc1ncc(I)n1C. The first kappa shape index (κ1) is 9.83. The first-order valence-corrected chi connectivity index (χ1v) is 5.16. The van der Waals surface area contributed by atoms with Crippen molar-refractivity contribution in [2.24, 2.45) is 7.05 Å². The fourth-order valence-corrected chi connectivity index (χ4v) is 1.21. The van der Waals surface area contributed by atoms with Gasteiger partial charge >= 0.3 is 0 Å². The molecule has 1 unspecified atom stereocenters. The molecule has 68 valence electrons. The van der Waals surface area contributed by atoms with Crippen molar-refractivity contribution in [3.8, 4) is 0 Å². The molecule has 0 aliphatic heterocycles. The first-order chi connectivity index (χ1) is 5.65. The molecule has 0 spiro atoms. The Hall–Kier alpha value is -0.260. The number of anilines is 1. The van der Waals surface area contributed by atoms with Crippen molar-refractivity contribution in [1.29, 1.82) is 0 Å². The fraction of sp³-hybridized carbons (Fsp3) is 0.625. The largest absolute Gasteiger partial charge is 0.353 e. The number of hydrogen-bond donors (Lipinski definition) is 1. The Morgan fingerprint density at radius 1 is 1.75 bits per heavy atom. The van der Waals surface area contributed by atoms with Crippen molar-refractivity contribution in [2.45, 2.75) is 26.3 Å². The van der Waals surface area contributed by atoms with Crippen LogP contribution in [0.3, 0.4) is 0 Å². The van der Waals surface area contributed by atoms with E-state index in [9.17, 15) is 0 Å². The van der Waals surface area contributed by atoms with Crippen LogP contribution in [0.5, 0.6) is 0 Å². The quantitative estimate of drug-likeness (QED) is 0.860. The topological polar surface area (TPSA) is 29.9 Å². The first-order valence-electron chi connectivity index (χ1n) is 4.09. The summed E-state index contributed by atoms with van der Waals surface area (Å²) in [7, 11) is 2.01. The highest BCUT2D eigenvalue weighted by molar-refractivity contribution is 14.1. The van der Waals surface area contributed by atoms with E-state index >= 15 is 0 Å². The summed E-state index contributed by atoms with van der Waals surface area (Å²) in [5, 5.41) is 3.33. The lowest BCUT2D eigenvalue weighted by atomic mass is 10.3.